The number of nitrogens with one attached hydrogen (secondary N) is 1. The molecule has 0 radical (unpaired) electrons. The van der Waals surface area contributed by atoms with E-state index in [1.807, 2.05) is 6.07 Å². The number of likely N-dealkylation sites (N-methyl/N-ethyl adjacent to an activating group) is 1. The monoisotopic (exact) mass is 221 g/mol. The van der Waals surface area contributed by atoms with Crippen molar-refractivity contribution in [2.24, 2.45) is 0 Å². The molecule has 0 aromatic carbocycles. The molecule has 0 saturated heterocycles. The van der Waals surface area contributed by atoms with Gasteiger partial charge in [0, 0.05) is 12.1 Å². The third-order valence-electron chi connectivity index (χ3n) is 3.52. The molecule has 2 rings (SSSR count). The average Bonchev–Trinajstić information content (AvgIpc) is 2.18. The van der Waals surface area contributed by atoms with E-state index < -0.39 is 0 Å². The quantitative estimate of drug-likeness (QED) is 0.792. The standard InChI is InChI=1S/C11H19N5/c1-16(2)11(6-3-7-11)8-13-10-5-4-9(12)14-15-10/h4-5H,3,6-8H2,1-2H3,(H2,12,14)(H,13,15). The molecule has 0 amide bonds. The highest BCUT2D eigenvalue weighted by Crippen LogP contribution is 2.36. The molecular formula is C11H19N5. The topological polar surface area (TPSA) is 67.1 Å². The van der Waals surface area contributed by atoms with Gasteiger partial charge in [0.2, 0.25) is 0 Å². The van der Waals surface area contributed by atoms with Crippen molar-refractivity contribution in [3.8, 4) is 0 Å². The van der Waals surface area contributed by atoms with E-state index in [1.54, 1.807) is 6.07 Å². The van der Waals surface area contributed by atoms with E-state index in [-0.39, 0.29) is 0 Å². The van der Waals surface area contributed by atoms with E-state index in [9.17, 15) is 0 Å². The van der Waals surface area contributed by atoms with E-state index in [1.165, 1.54) is 19.3 Å². The highest BCUT2D eigenvalue weighted by atomic mass is 15.2. The summed E-state index contributed by atoms with van der Waals surface area (Å²) in [5, 5.41) is 11.1. The first-order chi connectivity index (χ1) is 7.62. The number of nitrogens with two attached hydrogens (primary N) is 1. The summed E-state index contributed by atoms with van der Waals surface area (Å²) in [6.07, 6.45) is 3.80. The predicted octanol–water partition coefficient (Wildman–Crippen LogP) is 0.955. The largest absolute Gasteiger partial charge is 0.382 e. The molecule has 0 unspecified atom stereocenters. The molecule has 5 heteroatoms. The summed E-state index contributed by atoms with van der Waals surface area (Å²) in [7, 11) is 4.27. The van der Waals surface area contributed by atoms with E-state index >= 15 is 0 Å². The minimum absolute atomic E-state index is 0.295. The second kappa shape index (κ2) is 4.25. The normalized spacial score (nSPS) is 18.2. The zero-order chi connectivity index (χ0) is 11.6. The van der Waals surface area contributed by atoms with Crippen LogP contribution in [0.15, 0.2) is 12.1 Å². The third-order valence-corrected chi connectivity index (χ3v) is 3.52. The average molecular weight is 221 g/mol. The minimum atomic E-state index is 0.295. The zero-order valence-electron chi connectivity index (χ0n) is 9.90. The molecule has 1 fully saturated rings. The Morgan fingerprint density at radius 1 is 1.38 bits per heavy atom. The highest BCUT2D eigenvalue weighted by Gasteiger charge is 2.38. The van der Waals surface area contributed by atoms with Crippen molar-refractivity contribution in [2.75, 3.05) is 31.7 Å². The van der Waals surface area contributed by atoms with Crippen molar-refractivity contribution in [3.05, 3.63) is 12.1 Å². The molecule has 1 saturated carbocycles. The molecule has 1 aromatic rings. The van der Waals surface area contributed by atoms with Crippen LogP contribution in [0.5, 0.6) is 0 Å². The van der Waals surface area contributed by atoms with Gasteiger partial charge in [0.15, 0.2) is 0 Å². The van der Waals surface area contributed by atoms with Gasteiger partial charge < -0.3 is 16.0 Å². The van der Waals surface area contributed by atoms with E-state index in [4.69, 9.17) is 5.73 Å². The van der Waals surface area contributed by atoms with Crippen molar-refractivity contribution in [3.63, 3.8) is 0 Å². The first-order valence-corrected chi connectivity index (χ1v) is 5.63. The van der Waals surface area contributed by atoms with E-state index in [2.05, 4.69) is 34.5 Å². The first-order valence-electron chi connectivity index (χ1n) is 5.63. The summed E-state index contributed by atoms with van der Waals surface area (Å²) >= 11 is 0. The van der Waals surface area contributed by atoms with Crippen LogP contribution in [0.1, 0.15) is 19.3 Å². The Hall–Kier alpha value is -1.36. The van der Waals surface area contributed by atoms with Crippen LogP contribution in [0.2, 0.25) is 0 Å². The molecule has 3 N–H and O–H groups in total. The molecule has 0 atom stereocenters. The van der Waals surface area contributed by atoms with Crippen LogP contribution in [0.4, 0.5) is 11.6 Å². The molecule has 88 valence electrons. The molecule has 0 spiro atoms. The summed E-state index contributed by atoms with van der Waals surface area (Å²) in [5.74, 6) is 1.25. The number of rotatable bonds is 4. The second-order valence-corrected chi connectivity index (χ2v) is 4.67. The number of anilines is 2. The summed E-state index contributed by atoms with van der Waals surface area (Å²) in [4.78, 5) is 2.30. The lowest BCUT2D eigenvalue weighted by Crippen LogP contribution is -2.54. The maximum absolute atomic E-state index is 5.48. The van der Waals surface area contributed by atoms with Gasteiger partial charge in [0.25, 0.3) is 0 Å². The maximum Gasteiger partial charge on any atom is 0.148 e. The van der Waals surface area contributed by atoms with Gasteiger partial charge in [0.1, 0.15) is 11.6 Å². The number of aromatic nitrogens is 2. The Balaban J connectivity index is 1.93. The Morgan fingerprint density at radius 2 is 2.12 bits per heavy atom. The molecule has 1 aromatic heterocycles. The number of hydrogen-bond acceptors (Lipinski definition) is 5. The SMILES string of the molecule is CN(C)C1(CNc2ccc(N)nn2)CCC1. The van der Waals surface area contributed by atoms with Crippen LogP contribution in [0, 0.1) is 0 Å². The second-order valence-electron chi connectivity index (χ2n) is 4.67. The summed E-state index contributed by atoms with van der Waals surface area (Å²) < 4.78 is 0. The molecule has 0 aliphatic heterocycles. The highest BCUT2D eigenvalue weighted by molar-refractivity contribution is 5.38. The van der Waals surface area contributed by atoms with E-state index in [0.717, 1.165) is 12.4 Å². The van der Waals surface area contributed by atoms with Crippen LogP contribution in [0.25, 0.3) is 0 Å². The van der Waals surface area contributed by atoms with Crippen molar-refractivity contribution in [2.45, 2.75) is 24.8 Å². The van der Waals surface area contributed by atoms with Gasteiger partial charge >= 0.3 is 0 Å². The van der Waals surface area contributed by atoms with Gasteiger partial charge in [-0.15, -0.1) is 10.2 Å². The first kappa shape index (κ1) is 11.1. The van der Waals surface area contributed by atoms with Gasteiger partial charge in [-0.1, -0.05) is 0 Å². The molecule has 16 heavy (non-hydrogen) atoms. The van der Waals surface area contributed by atoms with Gasteiger partial charge in [-0.05, 0) is 45.5 Å². The van der Waals surface area contributed by atoms with Gasteiger partial charge in [0.05, 0.1) is 0 Å². The fraction of sp³-hybridized carbons (Fsp3) is 0.636. The van der Waals surface area contributed by atoms with E-state index in [0.29, 0.717) is 11.4 Å². The van der Waals surface area contributed by atoms with Crippen LogP contribution < -0.4 is 11.1 Å². The third kappa shape index (κ3) is 2.09. The molecule has 1 aliphatic rings. The summed E-state index contributed by atoms with van der Waals surface area (Å²) in [6, 6.07) is 3.63. The maximum atomic E-state index is 5.48. The van der Waals surface area contributed by atoms with Crippen LogP contribution in [0.3, 0.4) is 0 Å². The Labute approximate surface area is 96.0 Å². The Kier molecular flexibility index (Phi) is 2.96. The summed E-state index contributed by atoms with van der Waals surface area (Å²) in [5.41, 5.74) is 5.78. The molecule has 1 heterocycles. The Bertz CT molecular complexity index is 342. The van der Waals surface area contributed by atoms with Crippen LogP contribution in [-0.4, -0.2) is 41.3 Å². The Morgan fingerprint density at radius 3 is 2.56 bits per heavy atom. The smallest absolute Gasteiger partial charge is 0.148 e. The number of hydrogen-bond donors (Lipinski definition) is 2. The van der Waals surface area contributed by atoms with Gasteiger partial charge in [-0.2, -0.15) is 0 Å². The van der Waals surface area contributed by atoms with Crippen LogP contribution in [-0.2, 0) is 0 Å². The van der Waals surface area contributed by atoms with Crippen molar-refractivity contribution >= 4 is 11.6 Å². The lowest BCUT2D eigenvalue weighted by atomic mass is 9.75. The van der Waals surface area contributed by atoms with Gasteiger partial charge in [-0.25, -0.2) is 0 Å². The lowest BCUT2D eigenvalue weighted by Gasteiger charge is -2.47. The predicted molar refractivity (Wildman–Crippen MR) is 65.2 cm³/mol. The van der Waals surface area contributed by atoms with Crippen molar-refractivity contribution < 1.29 is 0 Å². The minimum Gasteiger partial charge on any atom is -0.382 e. The van der Waals surface area contributed by atoms with Crippen molar-refractivity contribution in [1.29, 1.82) is 0 Å². The van der Waals surface area contributed by atoms with Crippen molar-refractivity contribution in [1.82, 2.24) is 15.1 Å². The lowest BCUT2D eigenvalue weighted by molar-refractivity contribution is 0.0738. The number of nitrogens with zero attached hydrogens (tertiary/aromatic N) is 3. The fourth-order valence-corrected chi connectivity index (χ4v) is 2.06. The molecule has 5 nitrogen and oxygen atoms in total. The molecule has 1 aliphatic carbocycles. The fourth-order valence-electron chi connectivity index (χ4n) is 2.06. The number of nitrogen functional groups attached to an aromatic ring is 1. The molecule has 0 bridgehead atoms. The molecular weight excluding hydrogens is 202 g/mol. The van der Waals surface area contributed by atoms with Gasteiger partial charge in [-0.3, -0.25) is 0 Å². The summed E-state index contributed by atoms with van der Waals surface area (Å²) in [6.45, 7) is 0.915. The zero-order valence-corrected chi connectivity index (χ0v) is 9.90. The van der Waals surface area contributed by atoms with Crippen LogP contribution >= 0.6 is 0 Å².